The number of aromatic amines is 1. The van der Waals surface area contributed by atoms with E-state index in [4.69, 9.17) is 4.21 Å². The SMILES string of the molecule is Cl.Cl.[CH2]=[Zr]([C]1=CC=CC1)([c]1ccc[nH]1)([C](C)(C)C)[C](C)(C)C. The molecule has 0 saturated heterocycles. The minimum atomic E-state index is -3.75. The van der Waals surface area contributed by atoms with Gasteiger partial charge in [-0.3, -0.25) is 0 Å². The predicted octanol–water partition coefficient (Wildman–Crippen LogP) is 5.89. The minimum absolute atomic E-state index is 0. The Morgan fingerprint density at radius 3 is 1.91 bits per heavy atom. The van der Waals surface area contributed by atoms with Crippen LogP contribution in [0.5, 0.6) is 0 Å². The second-order valence-corrected chi connectivity index (χ2v) is 25.8. The van der Waals surface area contributed by atoms with Gasteiger partial charge in [-0.25, -0.2) is 0 Å². The third-order valence-corrected chi connectivity index (χ3v) is 30.3. The molecule has 0 saturated carbocycles. The molecule has 1 nitrogen and oxygen atoms in total. The molecule has 0 aliphatic heterocycles. The van der Waals surface area contributed by atoms with Gasteiger partial charge in [-0.05, 0) is 0 Å². The summed E-state index contributed by atoms with van der Waals surface area (Å²) >= 11 is -3.75. The van der Waals surface area contributed by atoms with E-state index < -0.39 is 18.3 Å². The summed E-state index contributed by atoms with van der Waals surface area (Å²) in [7, 11) is 0. The summed E-state index contributed by atoms with van der Waals surface area (Å²) in [5.74, 6) is 0. The van der Waals surface area contributed by atoms with Gasteiger partial charge in [0.15, 0.2) is 0 Å². The molecule has 0 bridgehead atoms. The van der Waals surface area contributed by atoms with E-state index in [-0.39, 0.29) is 31.1 Å². The summed E-state index contributed by atoms with van der Waals surface area (Å²) in [6, 6.07) is 4.42. The van der Waals surface area contributed by atoms with Gasteiger partial charge in [0, 0.05) is 0 Å². The van der Waals surface area contributed by atoms with Gasteiger partial charge in [-0.2, -0.15) is 0 Å². The number of hydrogen-bond donors (Lipinski definition) is 1. The summed E-state index contributed by atoms with van der Waals surface area (Å²) in [6.45, 7) is 14.4. The van der Waals surface area contributed by atoms with Crippen LogP contribution in [0.4, 0.5) is 0 Å². The average Bonchev–Trinajstić information content (AvgIpc) is 2.98. The monoisotopic (exact) mass is 421 g/mol. The van der Waals surface area contributed by atoms with E-state index in [2.05, 4.69) is 83.1 Å². The molecule has 1 aliphatic rings. The Morgan fingerprint density at radius 1 is 1.05 bits per heavy atom. The van der Waals surface area contributed by atoms with E-state index in [1.165, 1.54) is 3.40 Å². The number of H-pyrrole nitrogens is 1. The van der Waals surface area contributed by atoms with E-state index in [9.17, 15) is 0 Å². The Labute approximate surface area is 149 Å². The normalized spacial score (nSPS) is 15.9. The fourth-order valence-corrected chi connectivity index (χ4v) is 24.4. The van der Waals surface area contributed by atoms with Crippen molar-refractivity contribution in [1.82, 2.24) is 4.98 Å². The van der Waals surface area contributed by atoms with Crippen molar-refractivity contribution in [2.24, 2.45) is 0 Å². The molecule has 1 N–H and O–H groups in total. The molecule has 0 atom stereocenters. The quantitative estimate of drug-likeness (QED) is 0.611. The van der Waals surface area contributed by atoms with Crippen LogP contribution in [0.1, 0.15) is 48.0 Å². The van der Waals surface area contributed by atoms with Crippen molar-refractivity contribution in [3.8, 4) is 0 Å². The van der Waals surface area contributed by atoms with Crippen molar-refractivity contribution in [3.63, 3.8) is 0 Å². The van der Waals surface area contributed by atoms with E-state index in [1.54, 1.807) is 3.28 Å². The van der Waals surface area contributed by atoms with E-state index >= 15 is 0 Å². The molecule has 0 amide bonds. The second-order valence-electron chi connectivity index (χ2n) is 8.37. The first-order valence-electron chi connectivity index (χ1n) is 7.56. The first-order valence-corrected chi connectivity index (χ1v) is 14.2. The van der Waals surface area contributed by atoms with Gasteiger partial charge in [0.25, 0.3) is 0 Å². The average molecular weight is 424 g/mol. The second kappa shape index (κ2) is 6.54. The van der Waals surface area contributed by atoms with Crippen molar-refractivity contribution < 1.29 is 18.3 Å². The fourth-order valence-electron chi connectivity index (χ4n) is 4.60. The summed E-state index contributed by atoms with van der Waals surface area (Å²) in [5.41, 5.74) is 0. The molecule has 1 aromatic heterocycles. The summed E-state index contributed by atoms with van der Waals surface area (Å²) in [5, 5.41) is 0. The van der Waals surface area contributed by atoms with Crippen molar-refractivity contribution in [1.29, 1.82) is 0 Å². The maximum absolute atomic E-state index is 5.14. The molecule has 2 rings (SSSR count). The van der Waals surface area contributed by atoms with Crippen molar-refractivity contribution in [3.05, 3.63) is 39.8 Å². The Balaban J connectivity index is 0.00000220. The Kier molecular flexibility index (Phi) is 6.56. The van der Waals surface area contributed by atoms with Gasteiger partial charge in [0.05, 0.1) is 0 Å². The molecule has 0 fully saturated rings. The molecule has 22 heavy (non-hydrogen) atoms. The Bertz CT molecular complexity index is 605. The predicted molar refractivity (Wildman–Crippen MR) is 103 cm³/mol. The van der Waals surface area contributed by atoms with Crippen LogP contribution in [0, 0.1) is 0 Å². The molecular weight excluding hydrogens is 392 g/mol. The number of hydrogen-bond acceptors (Lipinski definition) is 0. The number of nitrogens with one attached hydrogen (secondary N) is 1. The molecule has 1 aromatic rings. The van der Waals surface area contributed by atoms with Crippen LogP contribution in [-0.2, 0) is 18.3 Å². The van der Waals surface area contributed by atoms with Gasteiger partial charge in [-0.1, -0.05) is 0 Å². The molecule has 4 heteroatoms. The summed E-state index contributed by atoms with van der Waals surface area (Å²) < 4.78 is 8.53. The van der Waals surface area contributed by atoms with Crippen LogP contribution in [0.3, 0.4) is 0 Å². The standard InChI is InChI=1S/C5H5.C4H4N.2C4H9.CH2.2ClH.Zr/c2*1-2-4-5-3-1;2*1-4(2)3;;;;/h1-3H,4H2;1-3,5H;2*1-3H3;1H2;2*1H;. The van der Waals surface area contributed by atoms with Crippen LogP contribution in [-0.4, -0.2) is 9.20 Å². The van der Waals surface area contributed by atoms with Crippen LogP contribution >= 0.6 is 24.8 Å². The van der Waals surface area contributed by atoms with Crippen molar-refractivity contribution in [2.45, 2.75) is 54.2 Å². The van der Waals surface area contributed by atoms with E-state index in [0.29, 0.717) is 0 Å². The van der Waals surface area contributed by atoms with Crippen LogP contribution < -0.4 is 3.40 Å². The molecular formula is C18H31Cl2NZr. The van der Waals surface area contributed by atoms with Gasteiger partial charge in [0.2, 0.25) is 0 Å². The van der Waals surface area contributed by atoms with Crippen LogP contribution in [0.2, 0.25) is 6.25 Å². The van der Waals surface area contributed by atoms with Gasteiger partial charge < -0.3 is 0 Å². The van der Waals surface area contributed by atoms with Crippen molar-refractivity contribution in [2.75, 3.05) is 0 Å². The third kappa shape index (κ3) is 2.50. The molecule has 0 radical (unpaired) electrons. The van der Waals surface area contributed by atoms with Gasteiger partial charge in [-0.15, -0.1) is 24.8 Å². The van der Waals surface area contributed by atoms with Gasteiger partial charge in [0.1, 0.15) is 0 Å². The van der Waals surface area contributed by atoms with E-state index in [1.807, 2.05) is 0 Å². The number of rotatable bonds is 2. The molecule has 1 aliphatic carbocycles. The Hall–Kier alpha value is 0.0931. The molecule has 126 valence electrons. The summed E-state index contributed by atoms with van der Waals surface area (Å²) in [4.78, 5) is 3.57. The maximum atomic E-state index is 5.14. The van der Waals surface area contributed by atoms with E-state index in [0.717, 1.165) is 6.42 Å². The van der Waals surface area contributed by atoms with Crippen LogP contribution in [0.15, 0.2) is 39.8 Å². The molecule has 0 aromatic carbocycles. The zero-order chi connectivity index (χ0) is 15.3. The summed E-state index contributed by atoms with van der Waals surface area (Å²) in [6.07, 6.45) is 9.99. The third-order valence-electron chi connectivity index (χ3n) is 5.98. The molecule has 0 unspecified atom stereocenters. The first-order chi connectivity index (χ1) is 9.04. The van der Waals surface area contributed by atoms with Crippen molar-refractivity contribution >= 4 is 32.4 Å². The number of aromatic nitrogens is 1. The molecule has 0 spiro atoms. The topological polar surface area (TPSA) is 15.8 Å². The number of allylic oxidation sites excluding steroid dienone is 4. The zero-order valence-corrected chi connectivity index (χ0v) is 18.8. The zero-order valence-electron chi connectivity index (χ0n) is 14.7. The fraction of sp³-hybridized carbons (Fsp3) is 0.500. The number of halogens is 2. The Morgan fingerprint density at radius 2 is 1.59 bits per heavy atom. The molecule has 1 heterocycles. The van der Waals surface area contributed by atoms with Crippen LogP contribution in [0.25, 0.3) is 0 Å². The van der Waals surface area contributed by atoms with Gasteiger partial charge >= 0.3 is 125 Å². The first kappa shape index (κ1) is 22.1.